The van der Waals surface area contributed by atoms with Gasteiger partial charge in [-0.3, -0.25) is 4.98 Å². The summed E-state index contributed by atoms with van der Waals surface area (Å²) in [5, 5.41) is 15.3. The van der Waals surface area contributed by atoms with Gasteiger partial charge in [0.15, 0.2) is 0 Å². The molecule has 8 heteroatoms. The molecule has 0 aliphatic rings. The largest absolute Gasteiger partial charge is 0.495 e. The monoisotopic (exact) mass is 427 g/mol. The first-order valence-corrected chi connectivity index (χ1v) is 8.74. The van der Waals surface area contributed by atoms with Crippen LogP contribution in [0.5, 0.6) is 5.75 Å². The normalized spacial score (nSPS) is 10.6. The van der Waals surface area contributed by atoms with Gasteiger partial charge in [-0.2, -0.15) is 5.26 Å². The van der Waals surface area contributed by atoms with E-state index in [1.807, 2.05) is 5.38 Å². The summed E-state index contributed by atoms with van der Waals surface area (Å²) in [6.45, 7) is 0. The Bertz CT molecular complexity index is 952. The van der Waals surface area contributed by atoms with Gasteiger partial charge >= 0.3 is 0 Å². The third-order valence-electron chi connectivity index (χ3n) is 3.16. The number of aromatic nitrogens is 1. The van der Waals surface area contributed by atoms with Gasteiger partial charge in [0.05, 0.1) is 48.8 Å². The van der Waals surface area contributed by atoms with Crippen LogP contribution in [-0.4, -0.2) is 12.1 Å². The molecule has 0 fully saturated rings. The third kappa shape index (κ3) is 2.98. The molecule has 3 aromatic rings. The second-order valence-electron chi connectivity index (χ2n) is 4.51. The van der Waals surface area contributed by atoms with Crippen LogP contribution in [-0.2, 0) is 0 Å². The summed E-state index contributed by atoms with van der Waals surface area (Å²) in [5.74, 6) is 0.495. The number of nitrogens with zero attached hydrogens (tertiary/aromatic N) is 2. The SMILES string of the molecule is COc1cc(Nc2c(C#N)cnc3c(Br)csc23)c(Cl)cc1Cl. The van der Waals surface area contributed by atoms with Crippen LogP contribution in [0.3, 0.4) is 0 Å². The number of rotatable bonds is 3. The average Bonchev–Trinajstić information content (AvgIpc) is 2.92. The van der Waals surface area contributed by atoms with Crippen LogP contribution < -0.4 is 10.1 Å². The Kier molecular flexibility index (Phi) is 4.64. The van der Waals surface area contributed by atoms with Crippen molar-refractivity contribution in [1.29, 1.82) is 5.26 Å². The molecule has 0 amide bonds. The van der Waals surface area contributed by atoms with E-state index in [2.05, 4.69) is 32.3 Å². The van der Waals surface area contributed by atoms with E-state index in [0.717, 1.165) is 14.7 Å². The third-order valence-corrected chi connectivity index (χ3v) is 5.66. The van der Waals surface area contributed by atoms with Crippen molar-refractivity contribution in [3.8, 4) is 11.8 Å². The first-order valence-electron chi connectivity index (χ1n) is 6.31. The van der Waals surface area contributed by atoms with Gasteiger partial charge in [-0.25, -0.2) is 0 Å². The maximum absolute atomic E-state index is 9.36. The second-order valence-corrected chi connectivity index (χ2v) is 7.06. The predicted molar refractivity (Wildman–Crippen MR) is 98.3 cm³/mol. The van der Waals surface area contributed by atoms with Crippen molar-refractivity contribution in [1.82, 2.24) is 4.98 Å². The Balaban J connectivity index is 2.17. The number of methoxy groups -OCH3 is 1. The first kappa shape index (κ1) is 16.3. The minimum absolute atomic E-state index is 0.419. The lowest BCUT2D eigenvalue weighted by Crippen LogP contribution is -1.97. The summed E-state index contributed by atoms with van der Waals surface area (Å²) in [7, 11) is 1.53. The van der Waals surface area contributed by atoms with Gasteiger partial charge in [-0.1, -0.05) is 23.2 Å². The fourth-order valence-electron chi connectivity index (χ4n) is 2.07. The Hall–Kier alpha value is -1.52. The fraction of sp³-hybridized carbons (Fsp3) is 0.0667. The highest BCUT2D eigenvalue weighted by atomic mass is 79.9. The lowest BCUT2D eigenvalue weighted by atomic mass is 10.2. The second kappa shape index (κ2) is 6.54. The maximum Gasteiger partial charge on any atom is 0.139 e. The molecule has 0 radical (unpaired) electrons. The number of nitriles is 1. The number of anilines is 2. The molecule has 0 aliphatic carbocycles. The zero-order valence-corrected chi connectivity index (χ0v) is 15.6. The van der Waals surface area contributed by atoms with Crippen LogP contribution in [0.1, 0.15) is 5.56 Å². The van der Waals surface area contributed by atoms with Crippen LogP contribution in [0.4, 0.5) is 11.4 Å². The van der Waals surface area contributed by atoms with E-state index in [4.69, 9.17) is 27.9 Å². The van der Waals surface area contributed by atoms with E-state index in [-0.39, 0.29) is 0 Å². The van der Waals surface area contributed by atoms with Crippen molar-refractivity contribution in [2.45, 2.75) is 0 Å². The van der Waals surface area contributed by atoms with Gasteiger partial charge in [0.1, 0.15) is 11.8 Å². The molecule has 0 aliphatic heterocycles. The molecule has 1 aromatic carbocycles. The predicted octanol–water partition coefficient (Wildman–Crippen LogP) is 5.99. The molecule has 1 N–H and O–H groups in total. The van der Waals surface area contributed by atoms with Crippen molar-refractivity contribution in [3.63, 3.8) is 0 Å². The van der Waals surface area contributed by atoms with Crippen LogP contribution in [0.25, 0.3) is 10.2 Å². The number of fused-ring (bicyclic) bond motifs is 1. The molecule has 3 rings (SSSR count). The molecule has 2 heterocycles. The van der Waals surface area contributed by atoms with Crippen molar-refractivity contribution < 1.29 is 4.74 Å². The standard InChI is InChI=1S/C15H8BrCl2N3OS/c1-22-12-3-11(9(17)2-10(12)18)21-13-7(4-19)5-20-14-8(16)6-23-15(13)14/h2-3,5-6H,1H3,(H,20,21). The van der Waals surface area contributed by atoms with Gasteiger partial charge in [0.2, 0.25) is 0 Å². The zero-order chi connectivity index (χ0) is 16.6. The number of benzene rings is 1. The summed E-state index contributed by atoms with van der Waals surface area (Å²) in [6, 6.07) is 5.43. The molecular formula is C15H8BrCl2N3OS. The van der Waals surface area contributed by atoms with E-state index in [9.17, 15) is 5.26 Å². The first-order chi connectivity index (χ1) is 11.0. The maximum atomic E-state index is 9.36. The van der Waals surface area contributed by atoms with Gasteiger partial charge < -0.3 is 10.1 Å². The van der Waals surface area contributed by atoms with Crippen molar-refractivity contribution in [3.05, 3.63) is 43.8 Å². The van der Waals surface area contributed by atoms with Gasteiger partial charge in [-0.15, -0.1) is 11.3 Å². The molecule has 23 heavy (non-hydrogen) atoms. The fourth-order valence-corrected chi connectivity index (χ4v) is 4.18. The number of hydrogen-bond acceptors (Lipinski definition) is 5. The molecule has 0 atom stereocenters. The number of nitrogens with one attached hydrogen (secondary N) is 1. The lowest BCUT2D eigenvalue weighted by molar-refractivity contribution is 0.415. The van der Waals surface area contributed by atoms with Crippen LogP contribution in [0.2, 0.25) is 10.0 Å². The summed E-state index contributed by atoms with van der Waals surface area (Å²) < 4.78 is 6.96. The average molecular weight is 429 g/mol. The van der Waals surface area contributed by atoms with Gasteiger partial charge in [0.25, 0.3) is 0 Å². The molecule has 4 nitrogen and oxygen atoms in total. The summed E-state index contributed by atoms with van der Waals surface area (Å²) in [4.78, 5) is 4.31. The van der Waals surface area contributed by atoms with Gasteiger partial charge in [-0.05, 0) is 22.0 Å². The highest BCUT2D eigenvalue weighted by Crippen LogP contribution is 2.40. The highest BCUT2D eigenvalue weighted by molar-refractivity contribution is 9.10. The zero-order valence-electron chi connectivity index (χ0n) is 11.7. The Morgan fingerprint density at radius 2 is 2.13 bits per heavy atom. The number of pyridine rings is 1. The van der Waals surface area contributed by atoms with E-state index in [1.54, 1.807) is 12.1 Å². The molecule has 0 saturated heterocycles. The minimum atomic E-state index is 0.419. The smallest absolute Gasteiger partial charge is 0.139 e. The highest BCUT2D eigenvalue weighted by Gasteiger charge is 2.15. The summed E-state index contributed by atoms with van der Waals surface area (Å²) in [5.41, 5.74) is 2.46. The van der Waals surface area contributed by atoms with Crippen molar-refractivity contribution >= 4 is 72.1 Å². The topological polar surface area (TPSA) is 57.9 Å². The number of thiophene rings is 1. The molecule has 0 unspecified atom stereocenters. The minimum Gasteiger partial charge on any atom is -0.495 e. The van der Waals surface area contributed by atoms with E-state index in [0.29, 0.717) is 32.7 Å². The van der Waals surface area contributed by atoms with Crippen LogP contribution in [0.15, 0.2) is 28.2 Å². The van der Waals surface area contributed by atoms with E-state index < -0.39 is 0 Å². The number of halogens is 3. The van der Waals surface area contributed by atoms with Crippen molar-refractivity contribution in [2.75, 3.05) is 12.4 Å². The van der Waals surface area contributed by atoms with Crippen molar-refractivity contribution in [2.24, 2.45) is 0 Å². The Morgan fingerprint density at radius 1 is 1.35 bits per heavy atom. The Morgan fingerprint density at radius 3 is 2.83 bits per heavy atom. The van der Waals surface area contributed by atoms with Crippen LogP contribution >= 0.6 is 50.5 Å². The Labute approximate surface area is 154 Å². The number of ether oxygens (including phenoxy) is 1. The molecule has 0 spiro atoms. The molecular weight excluding hydrogens is 421 g/mol. The molecule has 2 aromatic heterocycles. The number of hydrogen-bond donors (Lipinski definition) is 1. The van der Waals surface area contributed by atoms with Crippen LogP contribution in [0, 0.1) is 11.3 Å². The molecule has 0 bridgehead atoms. The van der Waals surface area contributed by atoms with E-state index >= 15 is 0 Å². The quantitative estimate of drug-likeness (QED) is 0.556. The summed E-state index contributed by atoms with van der Waals surface area (Å²) >= 11 is 17.2. The molecule has 0 saturated carbocycles. The molecule has 116 valence electrons. The van der Waals surface area contributed by atoms with E-state index in [1.165, 1.54) is 24.6 Å². The lowest BCUT2D eigenvalue weighted by Gasteiger charge is -2.13. The summed E-state index contributed by atoms with van der Waals surface area (Å²) in [6.07, 6.45) is 1.53. The van der Waals surface area contributed by atoms with Gasteiger partial charge in [0, 0.05) is 17.6 Å².